The van der Waals surface area contributed by atoms with Crippen molar-refractivity contribution in [2.75, 3.05) is 14.2 Å². The largest absolute Gasteiger partial charge is 0.497 e. The molecule has 1 aromatic heterocycles. The minimum absolute atomic E-state index is 0.293. The molecule has 100 valence electrons. The van der Waals surface area contributed by atoms with Gasteiger partial charge in [-0.3, -0.25) is 4.98 Å². The van der Waals surface area contributed by atoms with E-state index >= 15 is 0 Å². The van der Waals surface area contributed by atoms with Crippen LogP contribution in [0.1, 0.15) is 22.7 Å². The molecule has 0 aliphatic heterocycles. The van der Waals surface area contributed by atoms with Crippen LogP contribution in [0.5, 0.6) is 11.5 Å². The van der Waals surface area contributed by atoms with Crippen LogP contribution >= 0.6 is 0 Å². The summed E-state index contributed by atoms with van der Waals surface area (Å²) in [6, 6.07) is 7.27. The number of aryl methyl sites for hydroxylation is 1. The molecule has 1 atom stereocenters. The van der Waals surface area contributed by atoms with E-state index in [0.29, 0.717) is 0 Å². The van der Waals surface area contributed by atoms with Crippen molar-refractivity contribution in [3.8, 4) is 11.5 Å². The first-order valence-electron chi connectivity index (χ1n) is 6.05. The summed E-state index contributed by atoms with van der Waals surface area (Å²) in [4.78, 5) is 4.14. The van der Waals surface area contributed by atoms with E-state index in [1.807, 2.05) is 31.2 Å². The van der Waals surface area contributed by atoms with E-state index in [2.05, 4.69) is 4.98 Å². The molecule has 0 aliphatic rings. The third-order valence-corrected chi connectivity index (χ3v) is 3.19. The van der Waals surface area contributed by atoms with Crippen LogP contribution in [0.2, 0.25) is 0 Å². The highest BCUT2D eigenvalue weighted by atomic mass is 16.5. The highest BCUT2D eigenvalue weighted by Gasteiger charge is 2.17. The van der Waals surface area contributed by atoms with Crippen molar-refractivity contribution in [1.29, 1.82) is 0 Å². The SMILES string of the molecule is COc1ccc(OC)c(C(N)c2cnccc2C)c1. The average Bonchev–Trinajstić information content (AvgIpc) is 2.46. The Bertz CT molecular complexity index is 570. The molecule has 0 radical (unpaired) electrons. The number of rotatable bonds is 4. The van der Waals surface area contributed by atoms with Crippen LogP contribution in [0, 0.1) is 6.92 Å². The minimum Gasteiger partial charge on any atom is -0.497 e. The summed E-state index contributed by atoms with van der Waals surface area (Å²) in [6.45, 7) is 2.02. The van der Waals surface area contributed by atoms with Crippen molar-refractivity contribution in [2.24, 2.45) is 5.73 Å². The van der Waals surface area contributed by atoms with Gasteiger partial charge in [-0.2, -0.15) is 0 Å². The molecule has 0 amide bonds. The van der Waals surface area contributed by atoms with Crippen molar-refractivity contribution >= 4 is 0 Å². The van der Waals surface area contributed by atoms with E-state index in [0.717, 1.165) is 28.2 Å². The maximum atomic E-state index is 6.34. The number of benzene rings is 1. The zero-order valence-corrected chi connectivity index (χ0v) is 11.4. The maximum absolute atomic E-state index is 6.34. The molecule has 1 aromatic carbocycles. The second-order valence-electron chi connectivity index (χ2n) is 4.32. The van der Waals surface area contributed by atoms with Gasteiger partial charge in [0.05, 0.1) is 20.3 Å². The summed E-state index contributed by atoms with van der Waals surface area (Å²) in [5, 5.41) is 0. The zero-order chi connectivity index (χ0) is 13.8. The molecule has 2 aromatic rings. The first-order valence-corrected chi connectivity index (χ1v) is 6.05. The van der Waals surface area contributed by atoms with Crippen molar-refractivity contribution in [3.05, 3.63) is 53.3 Å². The van der Waals surface area contributed by atoms with Gasteiger partial charge in [-0.25, -0.2) is 0 Å². The van der Waals surface area contributed by atoms with Crippen LogP contribution in [0.25, 0.3) is 0 Å². The lowest BCUT2D eigenvalue weighted by atomic mass is 9.96. The normalized spacial score (nSPS) is 12.0. The van der Waals surface area contributed by atoms with Crippen LogP contribution in [-0.4, -0.2) is 19.2 Å². The summed E-state index contributed by atoms with van der Waals surface area (Å²) in [5.41, 5.74) is 9.31. The van der Waals surface area contributed by atoms with Gasteiger partial charge in [0.1, 0.15) is 11.5 Å². The molecule has 1 unspecified atom stereocenters. The fourth-order valence-electron chi connectivity index (χ4n) is 2.05. The molecular weight excluding hydrogens is 240 g/mol. The lowest BCUT2D eigenvalue weighted by Crippen LogP contribution is -2.14. The molecule has 0 saturated heterocycles. The Morgan fingerprint density at radius 2 is 1.89 bits per heavy atom. The molecule has 0 saturated carbocycles. The number of nitrogens with zero attached hydrogens (tertiary/aromatic N) is 1. The van der Waals surface area contributed by atoms with Crippen LogP contribution < -0.4 is 15.2 Å². The number of nitrogens with two attached hydrogens (primary N) is 1. The zero-order valence-electron chi connectivity index (χ0n) is 11.4. The van der Waals surface area contributed by atoms with E-state index in [1.54, 1.807) is 26.6 Å². The predicted molar refractivity (Wildman–Crippen MR) is 74.6 cm³/mol. The number of hydrogen-bond acceptors (Lipinski definition) is 4. The van der Waals surface area contributed by atoms with Crippen molar-refractivity contribution in [2.45, 2.75) is 13.0 Å². The minimum atomic E-state index is -0.293. The quantitative estimate of drug-likeness (QED) is 0.915. The number of hydrogen-bond donors (Lipinski definition) is 1. The molecule has 4 nitrogen and oxygen atoms in total. The topological polar surface area (TPSA) is 57.4 Å². The summed E-state index contributed by atoms with van der Waals surface area (Å²) >= 11 is 0. The average molecular weight is 258 g/mol. The summed E-state index contributed by atoms with van der Waals surface area (Å²) in [7, 11) is 3.26. The molecule has 0 spiro atoms. The molecule has 1 heterocycles. The molecular formula is C15H18N2O2. The third-order valence-electron chi connectivity index (χ3n) is 3.19. The lowest BCUT2D eigenvalue weighted by Gasteiger charge is -2.18. The van der Waals surface area contributed by atoms with Gasteiger partial charge >= 0.3 is 0 Å². The number of methoxy groups -OCH3 is 2. The molecule has 19 heavy (non-hydrogen) atoms. The number of aromatic nitrogens is 1. The summed E-state index contributed by atoms with van der Waals surface area (Å²) < 4.78 is 10.6. The van der Waals surface area contributed by atoms with Gasteiger partial charge in [-0.15, -0.1) is 0 Å². The molecule has 0 bridgehead atoms. The van der Waals surface area contributed by atoms with Gasteiger partial charge in [-0.05, 0) is 42.3 Å². The summed E-state index contributed by atoms with van der Waals surface area (Å²) in [5.74, 6) is 1.50. The third kappa shape index (κ3) is 2.69. The van der Waals surface area contributed by atoms with Gasteiger partial charge in [0.2, 0.25) is 0 Å². The Labute approximate surface area is 113 Å². The van der Waals surface area contributed by atoms with Gasteiger partial charge in [0, 0.05) is 18.0 Å². The first-order chi connectivity index (χ1) is 9.17. The lowest BCUT2D eigenvalue weighted by molar-refractivity contribution is 0.397. The van der Waals surface area contributed by atoms with Crippen LogP contribution in [0.4, 0.5) is 0 Å². The monoisotopic (exact) mass is 258 g/mol. The summed E-state index contributed by atoms with van der Waals surface area (Å²) in [6.07, 6.45) is 3.55. The van der Waals surface area contributed by atoms with Crippen LogP contribution in [0.15, 0.2) is 36.7 Å². The van der Waals surface area contributed by atoms with Crippen LogP contribution in [-0.2, 0) is 0 Å². The van der Waals surface area contributed by atoms with Gasteiger partial charge in [0.25, 0.3) is 0 Å². The molecule has 0 fully saturated rings. The van der Waals surface area contributed by atoms with Gasteiger partial charge < -0.3 is 15.2 Å². The highest BCUT2D eigenvalue weighted by Crippen LogP contribution is 2.32. The van der Waals surface area contributed by atoms with Crippen molar-refractivity contribution in [1.82, 2.24) is 4.98 Å². The number of pyridine rings is 1. The Morgan fingerprint density at radius 3 is 2.53 bits per heavy atom. The van der Waals surface area contributed by atoms with Gasteiger partial charge in [-0.1, -0.05) is 0 Å². The standard InChI is InChI=1S/C15H18N2O2/c1-10-6-7-17-9-13(10)15(16)12-8-11(18-2)4-5-14(12)19-3/h4-9,15H,16H2,1-3H3. The van der Waals surface area contributed by atoms with Crippen LogP contribution in [0.3, 0.4) is 0 Å². The Kier molecular flexibility index (Phi) is 4.02. The Hall–Kier alpha value is -2.07. The molecule has 2 N–H and O–H groups in total. The van der Waals surface area contributed by atoms with E-state index in [1.165, 1.54) is 0 Å². The predicted octanol–water partition coefficient (Wildman–Crippen LogP) is 2.46. The fourth-order valence-corrected chi connectivity index (χ4v) is 2.05. The van der Waals surface area contributed by atoms with E-state index in [4.69, 9.17) is 15.2 Å². The second-order valence-corrected chi connectivity index (χ2v) is 4.32. The van der Waals surface area contributed by atoms with E-state index in [9.17, 15) is 0 Å². The first kappa shape index (κ1) is 13.4. The van der Waals surface area contributed by atoms with Gasteiger partial charge in [0.15, 0.2) is 0 Å². The van der Waals surface area contributed by atoms with Crippen molar-refractivity contribution in [3.63, 3.8) is 0 Å². The fraction of sp³-hybridized carbons (Fsp3) is 0.267. The smallest absolute Gasteiger partial charge is 0.124 e. The molecule has 0 aliphatic carbocycles. The van der Waals surface area contributed by atoms with Crippen molar-refractivity contribution < 1.29 is 9.47 Å². The number of ether oxygens (including phenoxy) is 2. The Morgan fingerprint density at radius 1 is 1.11 bits per heavy atom. The van der Waals surface area contributed by atoms with E-state index in [-0.39, 0.29) is 6.04 Å². The maximum Gasteiger partial charge on any atom is 0.124 e. The molecule has 4 heteroatoms. The Balaban J connectivity index is 2.48. The van der Waals surface area contributed by atoms with E-state index < -0.39 is 0 Å². The highest BCUT2D eigenvalue weighted by molar-refractivity contribution is 5.46. The second kappa shape index (κ2) is 5.71. The molecule has 2 rings (SSSR count).